The number of ether oxygens (including phenoxy) is 2. The normalized spacial score (nSPS) is 15.6. The van der Waals surface area contributed by atoms with Crippen molar-refractivity contribution in [1.29, 1.82) is 0 Å². The number of carbonyl (C=O) groups excluding carboxylic acids is 3. The largest absolute Gasteiger partial charge is 0.462 e. The molecule has 9 nitrogen and oxygen atoms in total. The van der Waals surface area contributed by atoms with E-state index in [-0.39, 0.29) is 25.4 Å². The fourth-order valence-electron chi connectivity index (χ4n) is 6.91. The number of halogens is 1. The number of unbranched alkanes of at least 4 members (excludes halogenated alkanes) is 5. The Labute approximate surface area is 329 Å². The van der Waals surface area contributed by atoms with E-state index in [9.17, 15) is 14.4 Å². The van der Waals surface area contributed by atoms with E-state index in [1.807, 2.05) is 12.1 Å². The van der Waals surface area contributed by atoms with E-state index in [1.165, 1.54) is 15.0 Å². The summed E-state index contributed by atoms with van der Waals surface area (Å²) in [6.45, 7) is 8.38. The van der Waals surface area contributed by atoms with E-state index in [0.29, 0.717) is 17.1 Å². The summed E-state index contributed by atoms with van der Waals surface area (Å²) in [5.74, 6) is -0.558. The molecule has 2 aliphatic rings. The third kappa shape index (κ3) is 11.8. The number of fused-ring (bicyclic) bond motifs is 2. The number of piperazine rings is 1. The van der Waals surface area contributed by atoms with E-state index in [2.05, 4.69) is 71.4 Å². The van der Waals surface area contributed by atoms with Crippen molar-refractivity contribution in [1.82, 2.24) is 9.27 Å². The molecular formula is C43H55ClN4O5S. The Morgan fingerprint density at radius 1 is 0.926 bits per heavy atom. The van der Waals surface area contributed by atoms with Crippen LogP contribution in [0.15, 0.2) is 72.9 Å². The first-order chi connectivity index (χ1) is 26.4. The lowest BCUT2D eigenvalue weighted by Gasteiger charge is -2.35. The fraction of sp³-hybridized carbons (Fsp3) is 0.488. The van der Waals surface area contributed by atoms with Gasteiger partial charge in [0.15, 0.2) is 0 Å². The van der Waals surface area contributed by atoms with Crippen LogP contribution in [-0.2, 0) is 36.7 Å². The molecule has 2 aliphatic heterocycles. The standard InChI is InChI=1S/C43H55ClN4O5S/c1-3-5-6-7-8-9-10-11-12-13-14-15-16-17-18-23-40(50)53-42(43(51)52-4-2)48-37-32-36(44)33(30-34(37)31-39(48)49)24-25-46-26-28-47(29-27-46)41-35-21-19-20-22-38(35)54-45-41/h5-6,8-9,11-12,19-22,30,32,42H,3-4,7,10,13-18,23-29,31H2,1-2H3/b6-5-,9-8-,12-11-. The number of hydrogen-bond donors (Lipinski definition) is 0. The molecule has 0 N–H and O–H groups in total. The maximum Gasteiger partial charge on any atom is 0.369 e. The lowest BCUT2D eigenvalue weighted by atomic mass is 10.1. The molecule has 3 aromatic rings. The van der Waals surface area contributed by atoms with Crippen LogP contribution in [-0.4, -0.2) is 72.7 Å². The Balaban J connectivity index is 1.06. The first-order valence-corrected chi connectivity index (χ1v) is 20.8. The number of carbonyl (C=O) groups is 3. The summed E-state index contributed by atoms with van der Waals surface area (Å²) in [4.78, 5) is 45.4. The summed E-state index contributed by atoms with van der Waals surface area (Å²) in [6.07, 6.45) is 21.5. The van der Waals surface area contributed by atoms with Crippen molar-refractivity contribution in [3.8, 4) is 0 Å². The highest BCUT2D eigenvalue weighted by atomic mass is 35.5. The molecule has 1 unspecified atom stereocenters. The topological polar surface area (TPSA) is 92.3 Å². The average molecular weight is 775 g/mol. The minimum atomic E-state index is -1.49. The molecule has 2 aromatic carbocycles. The third-order valence-electron chi connectivity index (χ3n) is 9.84. The van der Waals surface area contributed by atoms with Gasteiger partial charge >= 0.3 is 11.9 Å². The molecule has 54 heavy (non-hydrogen) atoms. The molecule has 1 saturated heterocycles. The van der Waals surface area contributed by atoms with Gasteiger partial charge in [-0.1, -0.05) is 92.4 Å². The van der Waals surface area contributed by atoms with Crippen molar-refractivity contribution < 1.29 is 23.9 Å². The highest BCUT2D eigenvalue weighted by Crippen LogP contribution is 2.36. The molecule has 5 rings (SSSR count). The molecular weight excluding hydrogens is 720 g/mol. The highest BCUT2D eigenvalue weighted by molar-refractivity contribution is 7.13. The van der Waals surface area contributed by atoms with Crippen molar-refractivity contribution >= 4 is 62.6 Å². The summed E-state index contributed by atoms with van der Waals surface area (Å²) in [6, 6.07) is 12.0. The molecule has 1 amide bonds. The Morgan fingerprint density at radius 2 is 1.65 bits per heavy atom. The van der Waals surface area contributed by atoms with E-state index in [0.717, 1.165) is 107 Å². The summed E-state index contributed by atoms with van der Waals surface area (Å²) >= 11 is 8.35. The second kappa shape index (κ2) is 21.8. The van der Waals surface area contributed by atoms with E-state index < -0.39 is 18.2 Å². The zero-order valence-electron chi connectivity index (χ0n) is 31.8. The Bertz CT molecular complexity index is 1780. The fourth-order valence-corrected chi connectivity index (χ4v) is 7.96. The number of aromatic nitrogens is 1. The lowest BCUT2D eigenvalue weighted by molar-refractivity contribution is -0.168. The molecule has 0 aliphatic carbocycles. The number of nitrogens with zero attached hydrogens (tertiary/aromatic N) is 4. The molecule has 290 valence electrons. The maximum atomic E-state index is 13.4. The van der Waals surface area contributed by atoms with E-state index in [1.54, 1.807) is 24.5 Å². The first kappa shape index (κ1) is 41.2. The van der Waals surface area contributed by atoms with Crippen molar-refractivity contribution in [2.24, 2.45) is 0 Å². The summed E-state index contributed by atoms with van der Waals surface area (Å²) in [7, 11) is 0. The monoisotopic (exact) mass is 774 g/mol. The molecule has 3 heterocycles. The van der Waals surface area contributed by atoms with Gasteiger partial charge in [0.2, 0.25) is 5.91 Å². The van der Waals surface area contributed by atoms with Crippen LogP contribution in [0.4, 0.5) is 11.5 Å². The predicted molar refractivity (Wildman–Crippen MR) is 220 cm³/mol. The Hall–Kier alpha value is -3.99. The van der Waals surface area contributed by atoms with E-state index >= 15 is 0 Å². The average Bonchev–Trinajstić information content (AvgIpc) is 3.74. The van der Waals surface area contributed by atoms with Crippen LogP contribution < -0.4 is 9.80 Å². The van der Waals surface area contributed by atoms with Crippen molar-refractivity contribution in [3.05, 3.63) is 89.0 Å². The number of esters is 2. The van der Waals surface area contributed by atoms with Crippen LogP contribution in [0.5, 0.6) is 0 Å². The van der Waals surface area contributed by atoms with Gasteiger partial charge in [-0.25, -0.2) is 4.79 Å². The van der Waals surface area contributed by atoms with Gasteiger partial charge in [-0.15, -0.1) is 0 Å². The summed E-state index contributed by atoms with van der Waals surface area (Å²) < 4.78 is 16.9. The zero-order valence-corrected chi connectivity index (χ0v) is 33.4. The van der Waals surface area contributed by atoms with Gasteiger partial charge in [0.1, 0.15) is 5.82 Å². The second-order valence-electron chi connectivity index (χ2n) is 13.8. The molecule has 0 radical (unpaired) electrons. The SMILES string of the molecule is CC/C=C\C/C=C\C/C=C\CCCCCCCC(=O)OC(C(=O)OCC)N1C(=O)Cc2cc(CCN3CCN(c4nsc5ccccc45)CC3)c(Cl)cc21. The number of benzene rings is 2. The van der Waals surface area contributed by atoms with Crippen LogP contribution in [0, 0.1) is 0 Å². The molecule has 0 bridgehead atoms. The Kier molecular flexibility index (Phi) is 16.6. The number of hydrogen-bond acceptors (Lipinski definition) is 9. The van der Waals surface area contributed by atoms with Gasteiger partial charge in [-0.05, 0) is 92.7 Å². The van der Waals surface area contributed by atoms with Crippen molar-refractivity contribution in [3.63, 3.8) is 0 Å². The van der Waals surface area contributed by atoms with Crippen molar-refractivity contribution in [2.45, 2.75) is 97.1 Å². The van der Waals surface area contributed by atoms with Gasteiger partial charge in [0.05, 0.1) is 23.4 Å². The van der Waals surface area contributed by atoms with Crippen molar-refractivity contribution in [2.75, 3.05) is 49.1 Å². The van der Waals surface area contributed by atoms with Crippen LogP contribution in [0.25, 0.3) is 10.1 Å². The zero-order chi connectivity index (χ0) is 38.1. The van der Waals surface area contributed by atoms with Gasteiger partial charge in [0.25, 0.3) is 6.23 Å². The number of rotatable bonds is 21. The first-order valence-electron chi connectivity index (χ1n) is 19.7. The van der Waals surface area contributed by atoms with Gasteiger partial charge in [0, 0.05) is 49.6 Å². The minimum Gasteiger partial charge on any atom is -0.462 e. The summed E-state index contributed by atoms with van der Waals surface area (Å²) in [5, 5.41) is 1.72. The molecule has 11 heteroatoms. The van der Waals surface area contributed by atoms with Gasteiger partial charge in [-0.2, -0.15) is 4.37 Å². The molecule has 1 atom stereocenters. The van der Waals surface area contributed by atoms with Crippen LogP contribution in [0.1, 0.15) is 89.2 Å². The maximum absolute atomic E-state index is 13.4. The molecule has 0 saturated carbocycles. The molecule has 1 aromatic heterocycles. The van der Waals surface area contributed by atoms with Crippen LogP contribution in [0.2, 0.25) is 5.02 Å². The van der Waals surface area contributed by atoms with Gasteiger partial charge < -0.3 is 14.4 Å². The predicted octanol–water partition coefficient (Wildman–Crippen LogP) is 9.23. The lowest BCUT2D eigenvalue weighted by Crippen LogP contribution is -2.47. The number of allylic oxidation sites excluding steroid dienone is 6. The second-order valence-corrected chi connectivity index (χ2v) is 15.0. The Morgan fingerprint density at radius 3 is 2.43 bits per heavy atom. The minimum absolute atomic E-state index is 0.0930. The number of anilines is 2. The third-order valence-corrected chi connectivity index (χ3v) is 11.0. The van der Waals surface area contributed by atoms with E-state index in [4.69, 9.17) is 25.4 Å². The quantitative estimate of drug-likeness (QED) is 0.0601. The molecule has 0 spiro atoms. The number of amides is 1. The van der Waals surface area contributed by atoms with Crippen LogP contribution in [0.3, 0.4) is 0 Å². The molecule has 1 fully saturated rings. The van der Waals surface area contributed by atoms with Gasteiger partial charge in [-0.3, -0.25) is 19.4 Å². The summed E-state index contributed by atoms with van der Waals surface area (Å²) in [5.41, 5.74) is 2.19. The smallest absolute Gasteiger partial charge is 0.369 e. The van der Waals surface area contributed by atoms with Crippen LogP contribution >= 0.6 is 23.1 Å². The highest BCUT2D eigenvalue weighted by Gasteiger charge is 2.41.